The smallest absolute Gasteiger partial charge is 0.246 e. The van der Waals surface area contributed by atoms with E-state index in [1.807, 2.05) is 6.92 Å². The van der Waals surface area contributed by atoms with Crippen LogP contribution in [0.15, 0.2) is 17.3 Å². The van der Waals surface area contributed by atoms with Crippen molar-refractivity contribution in [2.45, 2.75) is 75.8 Å². The van der Waals surface area contributed by atoms with E-state index in [1.165, 1.54) is 6.20 Å². The molecule has 0 bridgehead atoms. The lowest BCUT2D eigenvalue weighted by molar-refractivity contribution is -0.127. The third-order valence-electron chi connectivity index (χ3n) is 5.58. The van der Waals surface area contributed by atoms with Crippen molar-refractivity contribution in [3.05, 3.63) is 12.4 Å². The van der Waals surface area contributed by atoms with Crippen molar-refractivity contribution in [1.82, 2.24) is 19.4 Å². The summed E-state index contributed by atoms with van der Waals surface area (Å²) in [7, 11) is -3.65. The van der Waals surface area contributed by atoms with Crippen LogP contribution in [-0.4, -0.2) is 47.5 Å². The molecule has 0 aromatic carbocycles. The fourth-order valence-corrected chi connectivity index (χ4v) is 5.79. The topological polar surface area (TPSA) is 84.3 Å². The normalized spacial score (nSPS) is 26.6. The maximum Gasteiger partial charge on any atom is 0.246 e. The molecule has 146 valence electrons. The molecule has 2 unspecified atom stereocenters. The summed E-state index contributed by atoms with van der Waals surface area (Å²) in [5.74, 6) is -0.237. The number of rotatable bonds is 3. The minimum Gasteiger partial charge on any atom is -0.356 e. The first-order valence-electron chi connectivity index (χ1n) is 9.86. The second-order valence-corrected chi connectivity index (χ2v) is 9.20. The average Bonchev–Trinajstić information content (AvgIpc) is 3.12. The van der Waals surface area contributed by atoms with Gasteiger partial charge in [-0.25, -0.2) is 8.42 Å². The Bertz CT molecular complexity index is 716. The molecule has 1 aliphatic heterocycles. The molecule has 0 spiro atoms. The molecule has 1 aromatic rings. The number of carbonyl (C=O) groups is 1. The van der Waals surface area contributed by atoms with Crippen LogP contribution in [0.4, 0.5) is 0 Å². The van der Waals surface area contributed by atoms with Crippen molar-refractivity contribution < 1.29 is 13.2 Å². The summed E-state index contributed by atoms with van der Waals surface area (Å²) in [4.78, 5) is 12.9. The molecule has 1 amide bonds. The summed E-state index contributed by atoms with van der Waals surface area (Å²) in [6.07, 6.45) is 10.3. The number of hydrogen-bond donors (Lipinski definition) is 1. The number of amides is 1. The number of aryl methyl sites for hydroxylation is 1. The van der Waals surface area contributed by atoms with Gasteiger partial charge >= 0.3 is 0 Å². The fraction of sp³-hybridized carbons (Fsp3) is 0.778. The molecule has 1 aliphatic carbocycles. The van der Waals surface area contributed by atoms with Gasteiger partial charge < -0.3 is 5.32 Å². The summed E-state index contributed by atoms with van der Waals surface area (Å²) < 4.78 is 30.0. The molecule has 0 radical (unpaired) electrons. The second kappa shape index (κ2) is 8.52. The van der Waals surface area contributed by atoms with E-state index in [-0.39, 0.29) is 22.8 Å². The largest absolute Gasteiger partial charge is 0.356 e. The van der Waals surface area contributed by atoms with Gasteiger partial charge in [-0.1, -0.05) is 25.7 Å². The van der Waals surface area contributed by atoms with E-state index < -0.39 is 10.0 Å². The van der Waals surface area contributed by atoms with Gasteiger partial charge in [0, 0.05) is 31.9 Å². The zero-order chi connectivity index (χ0) is 18.6. The molecule has 2 atom stereocenters. The van der Waals surface area contributed by atoms with Crippen molar-refractivity contribution in [2.75, 3.05) is 13.1 Å². The average molecular weight is 383 g/mol. The molecule has 8 heteroatoms. The Morgan fingerprint density at radius 1 is 1.15 bits per heavy atom. The maximum absolute atomic E-state index is 13.4. The van der Waals surface area contributed by atoms with E-state index in [9.17, 15) is 13.2 Å². The number of nitrogens with one attached hydrogen (secondary N) is 1. The highest BCUT2D eigenvalue weighted by Gasteiger charge is 2.40. The quantitative estimate of drug-likeness (QED) is 0.868. The van der Waals surface area contributed by atoms with Crippen LogP contribution in [0, 0.1) is 5.92 Å². The molecule has 1 aromatic heterocycles. The Morgan fingerprint density at radius 2 is 1.92 bits per heavy atom. The zero-order valence-electron chi connectivity index (χ0n) is 15.6. The number of sulfonamides is 1. The van der Waals surface area contributed by atoms with Crippen LogP contribution in [0.2, 0.25) is 0 Å². The highest BCUT2D eigenvalue weighted by molar-refractivity contribution is 7.89. The van der Waals surface area contributed by atoms with Crippen molar-refractivity contribution in [3.63, 3.8) is 0 Å². The lowest BCUT2D eigenvalue weighted by atomic mass is 9.83. The first kappa shape index (κ1) is 19.4. The summed E-state index contributed by atoms with van der Waals surface area (Å²) >= 11 is 0. The number of fused-ring (bicyclic) bond motifs is 1. The summed E-state index contributed by atoms with van der Waals surface area (Å²) in [5.41, 5.74) is 0. The molecule has 1 saturated carbocycles. The van der Waals surface area contributed by atoms with Gasteiger partial charge in [0.2, 0.25) is 15.9 Å². The van der Waals surface area contributed by atoms with Crippen molar-refractivity contribution in [2.24, 2.45) is 5.92 Å². The van der Waals surface area contributed by atoms with E-state index in [4.69, 9.17) is 0 Å². The molecule has 2 heterocycles. The predicted octanol–water partition coefficient (Wildman–Crippen LogP) is 2.14. The standard InChI is InChI=1S/C18H30N4O3S/c1-2-21-14-15(13-20-21)26(24,25)22-12-8-4-3-7-11-19-18(23)16-9-5-6-10-17(16)22/h13-14,16-17H,2-12H2,1H3,(H,19,23). The highest BCUT2D eigenvalue weighted by atomic mass is 32.2. The number of carbonyl (C=O) groups excluding carboxylic acids is 1. The van der Waals surface area contributed by atoms with Crippen LogP contribution in [-0.2, 0) is 21.4 Å². The lowest BCUT2D eigenvalue weighted by Crippen LogP contribution is -2.50. The SMILES string of the molecule is CCn1cc(S(=O)(=O)N2CCCCCCNC(=O)C3CCCCC32)cn1. The van der Waals surface area contributed by atoms with Crippen LogP contribution in [0.1, 0.15) is 58.3 Å². The molecule has 26 heavy (non-hydrogen) atoms. The van der Waals surface area contributed by atoms with Gasteiger partial charge in [-0.3, -0.25) is 9.48 Å². The van der Waals surface area contributed by atoms with E-state index in [0.29, 0.717) is 19.6 Å². The van der Waals surface area contributed by atoms with Crippen LogP contribution >= 0.6 is 0 Å². The Balaban J connectivity index is 1.94. The molecule has 2 aliphatic rings. The van der Waals surface area contributed by atoms with Crippen LogP contribution in [0.3, 0.4) is 0 Å². The molecule has 1 saturated heterocycles. The van der Waals surface area contributed by atoms with Crippen molar-refractivity contribution in [1.29, 1.82) is 0 Å². The minimum atomic E-state index is -3.65. The first-order valence-corrected chi connectivity index (χ1v) is 11.3. The molecule has 1 N–H and O–H groups in total. The number of aromatic nitrogens is 2. The van der Waals surface area contributed by atoms with Gasteiger partial charge in [-0.2, -0.15) is 9.40 Å². The molecule has 2 fully saturated rings. The van der Waals surface area contributed by atoms with Gasteiger partial charge in [0.25, 0.3) is 0 Å². The number of nitrogens with zero attached hydrogens (tertiary/aromatic N) is 3. The lowest BCUT2D eigenvalue weighted by Gasteiger charge is -2.38. The van der Waals surface area contributed by atoms with Gasteiger partial charge in [0.15, 0.2) is 0 Å². The highest BCUT2D eigenvalue weighted by Crippen LogP contribution is 2.33. The molecular weight excluding hydrogens is 352 g/mol. The molecular formula is C18H30N4O3S. The fourth-order valence-electron chi connectivity index (χ4n) is 4.10. The molecule has 3 rings (SSSR count). The monoisotopic (exact) mass is 382 g/mol. The second-order valence-electron chi connectivity index (χ2n) is 7.31. The van der Waals surface area contributed by atoms with E-state index >= 15 is 0 Å². The third-order valence-corrected chi connectivity index (χ3v) is 7.46. The minimum absolute atomic E-state index is 0.0149. The maximum atomic E-state index is 13.4. The van der Waals surface area contributed by atoms with Gasteiger partial charge in [0.05, 0.1) is 12.1 Å². The Hall–Kier alpha value is -1.41. The first-order chi connectivity index (χ1) is 12.5. The van der Waals surface area contributed by atoms with Gasteiger partial charge in [-0.05, 0) is 32.6 Å². The van der Waals surface area contributed by atoms with Crippen LogP contribution < -0.4 is 5.32 Å². The summed E-state index contributed by atoms with van der Waals surface area (Å²) in [6, 6.07) is -0.253. The zero-order valence-corrected chi connectivity index (χ0v) is 16.4. The number of hydrogen-bond acceptors (Lipinski definition) is 4. The van der Waals surface area contributed by atoms with E-state index in [1.54, 1.807) is 15.2 Å². The van der Waals surface area contributed by atoms with E-state index in [2.05, 4.69) is 10.4 Å². The van der Waals surface area contributed by atoms with Gasteiger partial charge in [0.1, 0.15) is 4.90 Å². The summed E-state index contributed by atoms with van der Waals surface area (Å²) in [5, 5.41) is 7.16. The summed E-state index contributed by atoms with van der Waals surface area (Å²) in [6.45, 7) is 3.73. The van der Waals surface area contributed by atoms with Gasteiger partial charge in [-0.15, -0.1) is 0 Å². The van der Waals surface area contributed by atoms with Crippen LogP contribution in [0.5, 0.6) is 0 Å². The Morgan fingerprint density at radius 3 is 2.69 bits per heavy atom. The van der Waals surface area contributed by atoms with Crippen molar-refractivity contribution in [3.8, 4) is 0 Å². The van der Waals surface area contributed by atoms with Crippen LogP contribution in [0.25, 0.3) is 0 Å². The van der Waals surface area contributed by atoms with Crippen molar-refractivity contribution >= 4 is 15.9 Å². The van der Waals surface area contributed by atoms with E-state index in [0.717, 1.165) is 51.4 Å². The Kier molecular flexibility index (Phi) is 6.34. The molecule has 7 nitrogen and oxygen atoms in total. The third kappa shape index (κ3) is 4.11. The Labute approximate surface area is 156 Å². The predicted molar refractivity (Wildman–Crippen MR) is 99.0 cm³/mol.